The minimum Gasteiger partial charge on any atom is -0.353 e. The second kappa shape index (κ2) is 7.92. The third kappa shape index (κ3) is 4.03. The Bertz CT molecular complexity index is 928. The van der Waals surface area contributed by atoms with E-state index in [1.165, 1.54) is 9.75 Å². The summed E-state index contributed by atoms with van der Waals surface area (Å²) in [5, 5.41) is 16.5. The molecule has 1 fully saturated rings. The Kier molecular flexibility index (Phi) is 5.21. The molecule has 1 saturated heterocycles. The van der Waals surface area contributed by atoms with Crippen LogP contribution in [0.5, 0.6) is 0 Å². The monoisotopic (exact) mass is 378 g/mol. The normalized spacial score (nSPS) is 15.0. The third-order valence-electron chi connectivity index (χ3n) is 4.88. The predicted octanol–water partition coefficient (Wildman–Crippen LogP) is 2.79. The summed E-state index contributed by atoms with van der Waals surface area (Å²) >= 11 is 1.81. The van der Waals surface area contributed by atoms with E-state index in [2.05, 4.69) is 44.3 Å². The SMILES string of the molecule is N#Cc1ccc(-c2cc(N3CCN(Cc4ccc(CN)s4)CC3)n[nH]2)cc1. The predicted molar refractivity (Wildman–Crippen MR) is 108 cm³/mol. The summed E-state index contributed by atoms with van der Waals surface area (Å²) in [5.74, 6) is 0.982. The molecule has 0 unspecified atom stereocenters. The first-order valence-corrected chi connectivity index (χ1v) is 9.88. The minimum atomic E-state index is 0.624. The number of nitrogens with one attached hydrogen (secondary N) is 1. The highest BCUT2D eigenvalue weighted by molar-refractivity contribution is 7.11. The molecule has 0 amide bonds. The Balaban J connectivity index is 1.35. The fourth-order valence-electron chi connectivity index (χ4n) is 3.32. The van der Waals surface area contributed by atoms with Gasteiger partial charge in [-0.1, -0.05) is 12.1 Å². The molecule has 1 aliphatic rings. The van der Waals surface area contributed by atoms with E-state index in [0.29, 0.717) is 12.1 Å². The van der Waals surface area contributed by atoms with Crippen LogP contribution < -0.4 is 10.6 Å². The quantitative estimate of drug-likeness (QED) is 0.713. The van der Waals surface area contributed by atoms with Gasteiger partial charge in [-0.15, -0.1) is 11.3 Å². The number of aromatic amines is 1. The number of rotatable bonds is 5. The summed E-state index contributed by atoms with van der Waals surface area (Å²) in [6.07, 6.45) is 0. The number of piperazine rings is 1. The number of hydrogen-bond donors (Lipinski definition) is 2. The molecule has 1 aromatic carbocycles. The zero-order valence-corrected chi connectivity index (χ0v) is 15.9. The molecule has 4 rings (SSSR count). The number of nitrogens with two attached hydrogens (primary N) is 1. The van der Waals surface area contributed by atoms with Crippen molar-refractivity contribution in [3.8, 4) is 17.3 Å². The highest BCUT2D eigenvalue weighted by Crippen LogP contribution is 2.24. The Hall–Kier alpha value is -2.66. The van der Waals surface area contributed by atoms with E-state index in [0.717, 1.165) is 49.8 Å². The van der Waals surface area contributed by atoms with Gasteiger partial charge >= 0.3 is 0 Å². The van der Waals surface area contributed by atoms with Crippen molar-refractivity contribution in [2.45, 2.75) is 13.1 Å². The Morgan fingerprint density at radius 3 is 2.48 bits per heavy atom. The molecule has 0 atom stereocenters. The second-order valence-corrected chi connectivity index (χ2v) is 7.92. The number of nitriles is 1. The highest BCUT2D eigenvalue weighted by atomic mass is 32.1. The fourth-order valence-corrected chi connectivity index (χ4v) is 4.26. The minimum absolute atomic E-state index is 0.624. The summed E-state index contributed by atoms with van der Waals surface area (Å²) in [6.45, 7) is 5.60. The maximum absolute atomic E-state index is 8.92. The molecule has 3 aromatic rings. The lowest BCUT2D eigenvalue weighted by atomic mass is 10.1. The summed E-state index contributed by atoms with van der Waals surface area (Å²) < 4.78 is 0. The molecule has 27 heavy (non-hydrogen) atoms. The van der Waals surface area contributed by atoms with Crippen molar-refractivity contribution in [1.82, 2.24) is 15.1 Å². The van der Waals surface area contributed by atoms with Crippen LogP contribution in [-0.2, 0) is 13.1 Å². The van der Waals surface area contributed by atoms with Crippen molar-refractivity contribution < 1.29 is 0 Å². The zero-order chi connectivity index (χ0) is 18.6. The first-order chi connectivity index (χ1) is 13.2. The molecule has 2 aromatic heterocycles. The van der Waals surface area contributed by atoms with Gasteiger partial charge in [0.1, 0.15) is 0 Å². The highest BCUT2D eigenvalue weighted by Gasteiger charge is 2.20. The molecule has 1 aliphatic heterocycles. The maximum Gasteiger partial charge on any atom is 0.151 e. The van der Waals surface area contributed by atoms with Crippen LogP contribution in [0, 0.1) is 11.3 Å². The van der Waals surface area contributed by atoms with E-state index in [4.69, 9.17) is 11.0 Å². The van der Waals surface area contributed by atoms with E-state index in [1.807, 2.05) is 35.6 Å². The van der Waals surface area contributed by atoms with E-state index >= 15 is 0 Å². The summed E-state index contributed by atoms with van der Waals surface area (Å²) in [5.41, 5.74) is 8.39. The molecule has 0 aliphatic carbocycles. The summed E-state index contributed by atoms with van der Waals surface area (Å²) in [6, 6.07) is 16.1. The van der Waals surface area contributed by atoms with Gasteiger partial charge in [-0.05, 0) is 29.8 Å². The molecule has 3 heterocycles. The lowest BCUT2D eigenvalue weighted by molar-refractivity contribution is 0.251. The molecular weight excluding hydrogens is 356 g/mol. The smallest absolute Gasteiger partial charge is 0.151 e. The molecule has 0 spiro atoms. The van der Waals surface area contributed by atoms with Crippen molar-refractivity contribution in [2.24, 2.45) is 5.73 Å². The zero-order valence-electron chi connectivity index (χ0n) is 15.1. The Labute approximate surface area is 162 Å². The average Bonchev–Trinajstić information content (AvgIpc) is 3.38. The van der Waals surface area contributed by atoms with Crippen LogP contribution in [-0.4, -0.2) is 41.3 Å². The largest absolute Gasteiger partial charge is 0.353 e. The molecule has 0 radical (unpaired) electrons. The van der Waals surface area contributed by atoms with Gasteiger partial charge < -0.3 is 10.6 Å². The van der Waals surface area contributed by atoms with Crippen LogP contribution >= 0.6 is 11.3 Å². The number of hydrogen-bond acceptors (Lipinski definition) is 6. The third-order valence-corrected chi connectivity index (χ3v) is 5.98. The summed E-state index contributed by atoms with van der Waals surface area (Å²) in [7, 11) is 0. The van der Waals surface area contributed by atoms with Crippen LogP contribution in [0.25, 0.3) is 11.3 Å². The molecule has 138 valence electrons. The first-order valence-electron chi connectivity index (χ1n) is 9.06. The lowest BCUT2D eigenvalue weighted by Gasteiger charge is -2.34. The summed E-state index contributed by atoms with van der Waals surface area (Å²) in [4.78, 5) is 7.43. The van der Waals surface area contributed by atoms with Crippen molar-refractivity contribution in [2.75, 3.05) is 31.1 Å². The number of H-pyrrole nitrogens is 1. The van der Waals surface area contributed by atoms with Crippen LogP contribution in [0.3, 0.4) is 0 Å². The number of thiophene rings is 1. The van der Waals surface area contributed by atoms with Crippen LogP contribution in [0.2, 0.25) is 0 Å². The van der Waals surface area contributed by atoms with Crippen LogP contribution in [0.15, 0.2) is 42.5 Å². The van der Waals surface area contributed by atoms with Crippen molar-refractivity contribution >= 4 is 17.2 Å². The van der Waals surface area contributed by atoms with Crippen molar-refractivity contribution in [3.05, 3.63) is 57.8 Å². The maximum atomic E-state index is 8.92. The molecule has 0 saturated carbocycles. The Morgan fingerprint density at radius 2 is 1.81 bits per heavy atom. The number of nitrogens with zero attached hydrogens (tertiary/aromatic N) is 4. The first kappa shape index (κ1) is 17.7. The van der Waals surface area contributed by atoms with Gasteiger partial charge in [0.2, 0.25) is 0 Å². The number of aromatic nitrogens is 2. The lowest BCUT2D eigenvalue weighted by Crippen LogP contribution is -2.46. The van der Waals surface area contributed by atoms with Gasteiger partial charge in [0.25, 0.3) is 0 Å². The molecule has 0 bridgehead atoms. The van der Waals surface area contributed by atoms with Gasteiger partial charge in [0.05, 0.1) is 17.3 Å². The van der Waals surface area contributed by atoms with Crippen LogP contribution in [0.4, 0.5) is 5.82 Å². The molecular formula is C20H22N6S. The van der Waals surface area contributed by atoms with E-state index < -0.39 is 0 Å². The van der Waals surface area contributed by atoms with Crippen molar-refractivity contribution in [3.63, 3.8) is 0 Å². The van der Waals surface area contributed by atoms with E-state index in [1.54, 1.807) is 0 Å². The molecule has 3 N–H and O–H groups in total. The number of benzene rings is 1. The van der Waals surface area contributed by atoms with E-state index in [9.17, 15) is 0 Å². The van der Waals surface area contributed by atoms with E-state index in [-0.39, 0.29) is 0 Å². The van der Waals surface area contributed by atoms with Gasteiger partial charge in [0, 0.05) is 55.1 Å². The fraction of sp³-hybridized carbons (Fsp3) is 0.300. The second-order valence-electron chi connectivity index (χ2n) is 6.66. The van der Waals surface area contributed by atoms with Gasteiger partial charge in [-0.25, -0.2) is 0 Å². The van der Waals surface area contributed by atoms with Gasteiger partial charge in [0.15, 0.2) is 5.82 Å². The van der Waals surface area contributed by atoms with Crippen molar-refractivity contribution in [1.29, 1.82) is 5.26 Å². The molecule has 7 heteroatoms. The molecule has 6 nitrogen and oxygen atoms in total. The Morgan fingerprint density at radius 1 is 1.07 bits per heavy atom. The van der Waals surface area contributed by atoms with Gasteiger partial charge in [-0.3, -0.25) is 10.00 Å². The number of anilines is 1. The van der Waals surface area contributed by atoms with Gasteiger partial charge in [-0.2, -0.15) is 10.4 Å². The standard InChI is InChI=1S/C20H22N6S/c21-12-15-1-3-16(4-2-15)19-11-20(24-23-19)26-9-7-25(8-10-26)14-18-6-5-17(13-22)27-18/h1-6,11H,7-10,13-14,22H2,(H,23,24). The average molecular weight is 379 g/mol. The van der Waals surface area contributed by atoms with Crippen LogP contribution in [0.1, 0.15) is 15.3 Å². The topological polar surface area (TPSA) is 85.0 Å².